The first-order valence-corrected chi connectivity index (χ1v) is 7.98. The molecule has 0 bridgehead atoms. The number of aromatic hydroxyl groups is 1. The first-order valence-electron chi connectivity index (χ1n) is 6.98. The fourth-order valence-electron chi connectivity index (χ4n) is 2.30. The van der Waals surface area contributed by atoms with Gasteiger partial charge in [-0.1, -0.05) is 59.7 Å². The van der Waals surface area contributed by atoms with Gasteiger partial charge in [-0.3, -0.25) is 4.79 Å². The molecule has 2 nitrogen and oxygen atoms in total. The van der Waals surface area contributed by atoms with Crippen molar-refractivity contribution in [2.45, 2.75) is 33.1 Å². The van der Waals surface area contributed by atoms with Gasteiger partial charge in [0, 0.05) is 16.4 Å². The monoisotopic (exact) mass is 300 g/mol. The van der Waals surface area contributed by atoms with Crippen LogP contribution < -0.4 is 10.6 Å². The molecule has 0 radical (unpaired) electrons. The van der Waals surface area contributed by atoms with Crippen molar-refractivity contribution in [3.63, 3.8) is 0 Å². The molecule has 0 saturated carbocycles. The number of benzene rings is 2. The van der Waals surface area contributed by atoms with Crippen molar-refractivity contribution in [1.82, 2.24) is 0 Å². The highest BCUT2D eigenvalue weighted by atomic mass is 31.1. The maximum atomic E-state index is 11.1. The lowest BCUT2D eigenvalue weighted by Gasteiger charge is -2.23. The summed E-state index contributed by atoms with van der Waals surface area (Å²) in [6.45, 7) is 8.31. The van der Waals surface area contributed by atoms with E-state index >= 15 is 0 Å². The molecule has 2 aromatic rings. The van der Waals surface area contributed by atoms with Crippen molar-refractivity contribution in [2.24, 2.45) is 0 Å². The predicted octanol–water partition coefficient (Wildman–Crippen LogP) is 3.44. The Morgan fingerprint density at radius 2 is 1.76 bits per heavy atom. The third-order valence-electron chi connectivity index (χ3n) is 3.42. The maximum absolute atomic E-state index is 11.1. The Bertz CT molecular complexity index is 669. The van der Waals surface area contributed by atoms with E-state index in [1.54, 1.807) is 0 Å². The minimum atomic E-state index is -0.112. The van der Waals surface area contributed by atoms with Crippen LogP contribution in [-0.4, -0.2) is 11.4 Å². The fourth-order valence-corrected chi connectivity index (χ4v) is 3.61. The van der Waals surface area contributed by atoms with Crippen molar-refractivity contribution in [1.29, 1.82) is 0 Å². The smallest absolute Gasteiger partial charge is 0.150 e. The van der Waals surface area contributed by atoms with Crippen LogP contribution in [0.3, 0.4) is 0 Å². The zero-order chi connectivity index (χ0) is 15.6. The Labute approximate surface area is 128 Å². The molecule has 0 spiro atoms. The Morgan fingerprint density at radius 3 is 2.38 bits per heavy atom. The van der Waals surface area contributed by atoms with Crippen LogP contribution in [-0.2, 0) is 5.41 Å². The Morgan fingerprint density at radius 1 is 1.10 bits per heavy atom. The number of phenolic OH excluding ortho intramolecular Hbond substituents is 1. The number of hydrogen-bond donors (Lipinski definition) is 1. The molecule has 1 N–H and O–H groups in total. The minimum Gasteiger partial charge on any atom is -0.507 e. The van der Waals surface area contributed by atoms with Gasteiger partial charge in [0.15, 0.2) is 6.29 Å². The first-order chi connectivity index (χ1) is 9.82. The number of rotatable bonds is 3. The van der Waals surface area contributed by atoms with Crippen LogP contribution in [0, 0.1) is 6.92 Å². The third kappa shape index (κ3) is 3.51. The SMILES string of the molecule is Cc1cc(Pc2ccccc2C=O)c(O)c(C(C)(C)C)c1. The summed E-state index contributed by atoms with van der Waals surface area (Å²) in [6.07, 6.45) is 0.875. The summed E-state index contributed by atoms with van der Waals surface area (Å²) >= 11 is 0. The molecule has 2 rings (SSSR count). The molecule has 0 saturated heterocycles. The lowest BCUT2D eigenvalue weighted by Crippen LogP contribution is -2.17. The maximum Gasteiger partial charge on any atom is 0.150 e. The van der Waals surface area contributed by atoms with E-state index < -0.39 is 0 Å². The van der Waals surface area contributed by atoms with E-state index in [9.17, 15) is 9.90 Å². The summed E-state index contributed by atoms with van der Waals surface area (Å²) in [6, 6.07) is 11.6. The largest absolute Gasteiger partial charge is 0.507 e. The lowest BCUT2D eigenvalue weighted by atomic mass is 9.85. The zero-order valence-electron chi connectivity index (χ0n) is 12.9. The molecule has 0 heterocycles. The van der Waals surface area contributed by atoms with Gasteiger partial charge in [-0.25, -0.2) is 0 Å². The molecule has 21 heavy (non-hydrogen) atoms. The molecule has 0 aliphatic rings. The second-order valence-electron chi connectivity index (χ2n) is 6.29. The van der Waals surface area contributed by atoms with Crippen molar-refractivity contribution in [3.05, 3.63) is 53.1 Å². The van der Waals surface area contributed by atoms with Crippen LogP contribution in [0.4, 0.5) is 0 Å². The van der Waals surface area contributed by atoms with E-state index in [0.717, 1.165) is 28.0 Å². The minimum absolute atomic E-state index is 0.112. The van der Waals surface area contributed by atoms with E-state index in [-0.39, 0.29) is 14.0 Å². The van der Waals surface area contributed by atoms with Gasteiger partial charge in [0.2, 0.25) is 0 Å². The molecule has 0 amide bonds. The molecule has 3 heteroatoms. The predicted molar refractivity (Wildman–Crippen MR) is 91.0 cm³/mol. The van der Waals surface area contributed by atoms with Crippen molar-refractivity contribution < 1.29 is 9.90 Å². The number of phenols is 1. The molecule has 2 aromatic carbocycles. The summed E-state index contributed by atoms with van der Waals surface area (Å²) in [5.74, 6) is 0.354. The molecule has 1 unspecified atom stereocenters. The molecular weight excluding hydrogens is 279 g/mol. The van der Waals surface area contributed by atoms with E-state index in [0.29, 0.717) is 11.3 Å². The topological polar surface area (TPSA) is 37.3 Å². The summed E-state index contributed by atoms with van der Waals surface area (Å²) in [5, 5.41) is 12.5. The summed E-state index contributed by atoms with van der Waals surface area (Å²) in [4.78, 5) is 11.1. The molecule has 110 valence electrons. The Balaban J connectivity index is 2.50. The number of hydrogen-bond acceptors (Lipinski definition) is 2. The molecule has 0 aliphatic carbocycles. The van der Waals surface area contributed by atoms with Crippen molar-refractivity contribution in [2.75, 3.05) is 0 Å². The quantitative estimate of drug-likeness (QED) is 0.696. The molecular formula is C18H21O2P. The lowest BCUT2D eigenvalue weighted by molar-refractivity contribution is 0.112. The molecule has 0 fully saturated rings. The van der Waals surface area contributed by atoms with Gasteiger partial charge in [-0.05, 0) is 29.3 Å². The second kappa shape index (κ2) is 5.99. The highest BCUT2D eigenvalue weighted by Crippen LogP contribution is 2.33. The number of aldehydes is 1. The highest BCUT2D eigenvalue weighted by molar-refractivity contribution is 7.56. The average Bonchev–Trinajstić information content (AvgIpc) is 2.42. The normalized spacial score (nSPS) is 12.0. The number of aryl methyl sites for hydroxylation is 1. The zero-order valence-corrected chi connectivity index (χ0v) is 13.9. The fraction of sp³-hybridized carbons (Fsp3) is 0.278. The Kier molecular flexibility index (Phi) is 4.49. The van der Waals surface area contributed by atoms with E-state index in [4.69, 9.17) is 0 Å². The van der Waals surface area contributed by atoms with Gasteiger partial charge in [0.1, 0.15) is 5.75 Å². The van der Waals surface area contributed by atoms with Gasteiger partial charge in [0.25, 0.3) is 0 Å². The number of carbonyl (C=O) groups excluding carboxylic acids is 1. The van der Waals surface area contributed by atoms with E-state index in [1.165, 1.54) is 0 Å². The standard InChI is InChI=1S/C18H21O2P/c1-12-9-14(18(2,3)4)17(20)16(10-12)21-15-8-6-5-7-13(15)11-19/h5-11,20-21H,1-4H3. The van der Waals surface area contributed by atoms with Gasteiger partial charge in [-0.2, -0.15) is 0 Å². The average molecular weight is 300 g/mol. The van der Waals surface area contributed by atoms with Crippen LogP contribution in [0.5, 0.6) is 5.75 Å². The van der Waals surface area contributed by atoms with Gasteiger partial charge in [0.05, 0.1) is 0 Å². The van der Waals surface area contributed by atoms with Crippen LogP contribution in [0.2, 0.25) is 0 Å². The second-order valence-corrected chi connectivity index (χ2v) is 7.62. The van der Waals surface area contributed by atoms with E-state index in [2.05, 4.69) is 20.8 Å². The molecule has 0 aliphatic heterocycles. The molecule has 0 aromatic heterocycles. The molecule has 1 atom stereocenters. The summed E-state index contributed by atoms with van der Waals surface area (Å²) in [5.41, 5.74) is 2.66. The van der Waals surface area contributed by atoms with Crippen LogP contribution >= 0.6 is 8.58 Å². The van der Waals surface area contributed by atoms with Crippen LogP contribution in [0.1, 0.15) is 42.3 Å². The van der Waals surface area contributed by atoms with Crippen LogP contribution in [0.15, 0.2) is 36.4 Å². The van der Waals surface area contributed by atoms with Crippen LogP contribution in [0.25, 0.3) is 0 Å². The summed E-state index contributed by atoms with van der Waals surface area (Å²) in [7, 11) is 0.272. The van der Waals surface area contributed by atoms with Gasteiger partial charge < -0.3 is 5.11 Å². The number of carbonyl (C=O) groups is 1. The highest BCUT2D eigenvalue weighted by Gasteiger charge is 2.21. The van der Waals surface area contributed by atoms with Gasteiger partial charge >= 0.3 is 0 Å². The van der Waals surface area contributed by atoms with E-state index in [1.807, 2.05) is 43.3 Å². The third-order valence-corrected chi connectivity index (χ3v) is 4.79. The van der Waals surface area contributed by atoms with Gasteiger partial charge in [-0.15, -0.1) is 0 Å². The van der Waals surface area contributed by atoms with Crippen molar-refractivity contribution in [3.8, 4) is 5.75 Å². The first kappa shape index (κ1) is 15.7. The summed E-state index contributed by atoms with van der Waals surface area (Å²) < 4.78 is 0. The Hall–Kier alpha value is -1.66. The van der Waals surface area contributed by atoms with Crippen molar-refractivity contribution >= 4 is 25.5 Å².